The van der Waals surface area contributed by atoms with Gasteiger partial charge in [0.05, 0.1) is 10.3 Å². The first-order valence-electron chi connectivity index (χ1n) is 12.3. The molecular weight excluding hydrogens is 668 g/mol. The molecule has 2 aromatic heterocycles. The molecule has 0 saturated heterocycles. The number of halogens is 2. The van der Waals surface area contributed by atoms with Gasteiger partial charge in [0.15, 0.2) is 17.2 Å². The number of ether oxygens (including phenoxy) is 2. The van der Waals surface area contributed by atoms with E-state index in [1.165, 1.54) is 42.7 Å². The van der Waals surface area contributed by atoms with E-state index in [0.29, 0.717) is 14.5 Å². The van der Waals surface area contributed by atoms with Crippen LogP contribution >= 0.6 is 22.6 Å². The molecule has 41 heavy (non-hydrogen) atoms. The molecular formula is C28H27FIN3O7S. The number of carbonyl (C=O) groups excluding carboxylic acids is 1. The molecule has 0 aliphatic heterocycles. The second kappa shape index (κ2) is 11.6. The molecule has 0 bridgehead atoms. The molecule has 2 heterocycles. The Morgan fingerprint density at radius 3 is 2.41 bits per heavy atom. The Balaban J connectivity index is 1.60. The second-order valence-corrected chi connectivity index (χ2v) is 13.2. The summed E-state index contributed by atoms with van der Waals surface area (Å²) >= 11 is 1.96. The quantitative estimate of drug-likeness (QED) is 0.226. The zero-order valence-corrected chi connectivity index (χ0v) is 25.5. The van der Waals surface area contributed by atoms with Gasteiger partial charge in [-0.25, -0.2) is 31.4 Å². The number of hydrogen-bond donors (Lipinski definition) is 2. The Kier molecular flexibility index (Phi) is 8.59. The summed E-state index contributed by atoms with van der Waals surface area (Å²) in [5.41, 5.74) is 0.501. The summed E-state index contributed by atoms with van der Waals surface area (Å²) in [7, 11) is -3.97. The number of alkyl carbamates (subject to hydrolysis) is 1. The van der Waals surface area contributed by atoms with Crippen LogP contribution in [0.25, 0.3) is 11.0 Å². The zero-order chi connectivity index (χ0) is 30.1. The number of nitrogens with one attached hydrogen (secondary N) is 1. The lowest BCUT2D eigenvalue weighted by Crippen LogP contribution is -2.44. The standard InChI is InChI=1S/C28H27FIN3O7S/c1-16-5-8-18(9-6-16)41(37,38)33-15-20(30)24-23(11-12-31-25(24)33)39-22-10-7-17(13-19(22)29)14-21(26(34)35)32-27(36)40-28(2,3)4/h5-13,15,21H,14H2,1-4H3,(H,32,36)(H,34,35)/t21-/m0/s1. The summed E-state index contributed by atoms with van der Waals surface area (Å²) in [6, 6.07) is 10.5. The third-order valence-electron chi connectivity index (χ3n) is 5.79. The van der Waals surface area contributed by atoms with Crippen molar-refractivity contribution in [3.63, 3.8) is 0 Å². The fourth-order valence-corrected chi connectivity index (χ4v) is 6.20. The van der Waals surface area contributed by atoms with Gasteiger partial charge in [0.2, 0.25) is 0 Å². The van der Waals surface area contributed by atoms with Crippen LogP contribution in [0.15, 0.2) is 65.8 Å². The molecule has 0 fully saturated rings. The predicted octanol–water partition coefficient (Wildman–Crippen LogP) is 5.64. The molecule has 0 saturated carbocycles. The predicted molar refractivity (Wildman–Crippen MR) is 157 cm³/mol. The van der Waals surface area contributed by atoms with Crippen LogP contribution in [0, 0.1) is 16.3 Å². The van der Waals surface area contributed by atoms with E-state index in [-0.39, 0.29) is 28.5 Å². The lowest BCUT2D eigenvalue weighted by Gasteiger charge is -2.22. The fourth-order valence-electron chi connectivity index (χ4n) is 3.90. The van der Waals surface area contributed by atoms with Gasteiger partial charge < -0.3 is 19.9 Å². The molecule has 13 heteroatoms. The topological polar surface area (TPSA) is 137 Å². The van der Waals surface area contributed by atoms with E-state index in [1.54, 1.807) is 32.9 Å². The van der Waals surface area contributed by atoms with Gasteiger partial charge in [0.1, 0.15) is 17.4 Å². The van der Waals surface area contributed by atoms with Crippen molar-refractivity contribution in [3.05, 3.63) is 81.4 Å². The average Bonchev–Trinajstić information content (AvgIpc) is 3.22. The number of aliphatic carboxylic acids is 1. The van der Waals surface area contributed by atoms with Crippen LogP contribution in [-0.4, -0.2) is 46.2 Å². The number of fused-ring (bicyclic) bond motifs is 1. The van der Waals surface area contributed by atoms with Gasteiger partial charge >= 0.3 is 12.1 Å². The van der Waals surface area contributed by atoms with Crippen LogP contribution in [0.4, 0.5) is 9.18 Å². The van der Waals surface area contributed by atoms with Crippen molar-refractivity contribution in [3.8, 4) is 11.5 Å². The Labute approximate surface area is 249 Å². The second-order valence-electron chi connectivity index (χ2n) is 10.2. The van der Waals surface area contributed by atoms with Crippen LogP contribution in [-0.2, 0) is 26.0 Å². The van der Waals surface area contributed by atoms with Crippen molar-refractivity contribution in [1.82, 2.24) is 14.3 Å². The van der Waals surface area contributed by atoms with Crippen molar-refractivity contribution in [2.24, 2.45) is 0 Å². The summed E-state index contributed by atoms with van der Waals surface area (Å²) in [6.07, 6.45) is 1.67. The Bertz CT molecular complexity index is 1730. The Morgan fingerprint density at radius 1 is 1.12 bits per heavy atom. The maximum absolute atomic E-state index is 15.1. The van der Waals surface area contributed by atoms with E-state index in [2.05, 4.69) is 10.3 Å². The van der Waals surface area contributed by atoms with Crippen LogP contribution in [0.3, 0.4) is 0 Å². The molecule has 0 aliphatic rings. The number of benzene rings is 2. The Morgan fingerprint density at radius 2 is 1.80 bits per heavy atom. The summed E-state index contributed by atoms with van der Waals surface area (Å²) in [4.78, 5) is 28.1. The van der Waals surface area contributed by atoms with Gasteiger partial charge in [-0.15, -0.1) is 0 Å². The van der Waals surface area contributed by atoms with Crippen molar-refractivity contribution in [1.29, 1.82) is 0 Å². The SMILES string of the molecule is Cc1ccc(S(=O)(=O)n2cc(I)c3c(Oc4ccc(C[C@H](NC(=O)OC(C)(C)C)C(=O)O)cc4F)ccnc32)cc1. The van der Waals surface area contributed by atoms with Gasteiger partial charge in [0, 0.05) is 22.4 Å². The van der Waals surface area contributed by atoms with Gasteiger partial charge in [-0.3, -0.25) is 0 Å². The molecule has 0 radical (unpaired) electrons. The molecule has 0 unspecified atom stereocenters. The van der Waals surface area contributed by atoms with E-state index in [9.17, 15) is 23.1 Å². The van der Waals surface area contributed by atoms with E-state index in [4.69, 9.17) is 9.47 Å². The van der Waals surface area contributed by atoms with Crippen molar-refractivity contribution in [2.45, 2.75) is 50.7 Å². The highest BCUT2D eigenvalue weighted by molar-refractivity contribution is 14.1. The number of carboxylic acids is 1. The highest BCUT2D eigenvalue weighted by Crippen LogP contribution is 2.36. The molecule has 0 spiro atoms. The largest absolute Gasteiger partial charge is 0.480 e. The molecule has 2 N–H and O–H groups in total. The first kappa shape index (κ1) is 30.2. The number of hydrogen-bond acceptors (Lipinski definition) is 7. The number of nitrogens with zero attached hydrogens (tertiary/aromatic N) is 2. The lowest BCUT2D eigenvalue weighted by molar-refractivity contribution is -0.139. The first-order chi connectivity index (χ1) is 19.2. The molecule has 1 atom stereocenters. The molecule has 2 aromatic carbocycles. The summed E-state index contributed by atoms with van der Waals surface area (Å²) in [5, 5.41) is 12.2. The van der Waals surface area contributed by atoms with Crippen LogP contribution in [0.5, 0.6) is 11.5 Å². The number of amides is 1. The number of carbonyl (C=O) groups is 2. The third-order valence-corrected chi connectivity index (χ3v) is 8.28. The molecule has 4 aromatic rings. The molecule has 1 amide bonds. The number of aryl methyl sites for hydroxylation is 1. The van der Waals surface area contributed by atoms with Crippen molar-refractivity contribution in [2.75, 3.05) is 0 Å². The monoisotopic (exact) mass is 695 g/mol. The molecule has 10 nitrogen and oxygen atoms in total. The highest BCUT2D eigenvalue weighted by atomic mass is 127. The number of pyridine rings is 1. The number of carboxylic acid groups (broad SMARTS) is 1. The molecule has 4 rings (SSSR count). The molecule has 216 valence electrons. The van der Waals surface area contributed by atoms with Gasteiger partial charge in [-0.1, -0.05) is 23.8 Å². The zero-order valence-electron chi connectivity index (χ0n) is 22.5. The minimum absolute atomic E-state index is 0.0898. The average molecular weight is 696 g/mol. The number of rotatable bonds is 8. The summed E-state index contributed by atoms with van der Waals surface area (Å²) in [5.74, 6) is -2.08. The van der Waals surface area contributed by atoms with E-state index in [0.717, 1.165) is 15.6 Å². The summed E-state index contributed by atoms with van der Waals surface area (Å²) in [6.45, 7) is 6.79. The van der Waals surface area contributed by atoms with Gasteiger partial charge in [-0.2, -0.15) is 0 Å². The lowest BCUT2D eigenvalue weighted by atomic mass is 10.1. The van der Waals surface area contributed by atoms with E-state index < -0.39 is 39.5 Å². The fraction of sp³-hybridized carbons (Fsp3) is 0.250. The summed E-state index contributed by atoms with van der Waals surface area (Å²) < 4.78 is 54.3. The highest BCUT2D eigenvalue weighted by Gasteiger charge is 2.26. The smallest absolute Gasteiger partial charge is 0.408 e. The minimum atomic E-state index is -3.97. The van der Waals surface area contributed by atoms with Crippen LogP contribution < -0.4 is 10.1 Å². The third kappa shape index (κ3) is 6.96. The minimum Gasteiger partial charge on any atom is -0.480 e. The van der Waals surface area contributed by atoms with Crippen molar-refractivity contribution < 1.29 is 37.0 Å². The maximum Gasteiger partial charge on any atom is 0.408 e. The van der Waals surface area contributed by atoms with Gasteiger partial charge in [-0.05, 0) is 86.2 Å². The maximum atomic E-state index is 15.1. The van der Waals surface area contributed by atoms with E-state index >= 15 is 4.39 Å². The first-order valence-corrected chi connectivity index (χ1v) is 14.8. The van der Waals surface area contributed by atoms with Crippen molar-refractivity contribution >= 4 is 55.7 Å². The normalized spacial score (nSPS) is 12.6. The van der Waals surface area contributed by atoms with Crippen LogP contribution in [0.2, 0.25) is 0 Å². The van der Waals surface area contributed by atoms with Crippen LogP contribution in [0.1, 0.15) is 31.9 Å². The molecule has 0 aliphatic carbocycles. The van der Waals surface area contributed by atoms with E-state index in [1.807, 2.05) is 29.5 Å². The number of aromatic nitrogens is 2. The van der Waals surface area contributed by atoms with Gasteiger partial charge in [0.25, 0.3) is 10.0 Å². The Hall–Kier alpha value is -3.72.